The topological polar surface area (TPSA) is 41.1 Å². The Hall–Kier alpha value is -1.35. The molecule has 18 heavy (non-hydrogen) atoms. The maximum atomic E-state index is 12.2. The lowest BCUT2D eigenvalue weighted by Gasteiger charge is -2.14. The highest BCUT2D eigenvalue weighted by atomic mass is 16.1. The molecule has 0 aromatic heterocycles. The summed E-state index contributed by atoms with van der Waals surface area (Å²) in [5.74, 6) is 0.650. The minimum atomic E-state index is 0.0666. The van der Waals surface area contributed by atoms with Crippen LogP contribution in [-0.2, 0) is 0 Å². The molecule has 0 radical (unpaired) electrons. The van der Waals surface area contributed by atoms with Crippen LogP contribution < -0.4 is 10.6 Å². The highest BCUT2D eigenvalue weighted by Crippen LogP contribution is 2.16. The third kappa shape index (κ3) is 2.91. The standard InChI is InChI=1S/C15H22N2O/c1-10-6-11(2)14(12(3)7-10)15(18)17-9-13-4-5-16-8-13/h6-7,13,16H,4-5,8-9H2,1-3H3,(H,17,18). The van der Waals surface area contributed by atoms with Crippen LogP contribution in [0.3, 0.4) is 0 Å². The van der Waals surface area contributed by atoms with Gasteiger partial charge in [0.2, 0.25) is 0 Å². The van der Waals surface area contributed by atoms with Crippen molar-refractivity contribution < 1.29 is 4.79 Å². The molecular weight excluding hydrogens is 224 g/mol. The number of rotatable bonds is 3. The van der Waals surface area contributed by atoms with Gasteiger partial charge in [-0.05, 0) is 57.3 Å². The van der Waals surface area contributed by atoms with Gasteiger partial charge >= 0.3 is 0 Å². The zero-order valence-electron chi connectivity index (χ0n) is 11.5. The molecule has 0 spiro atoms. The van der Waals surface area contributed by atoms with E-state index in [-0.39, 0.29) is 5.91 Å². The summed E-state index contributed by atoms with van der Waals surface area (Å²) < 4.78 is 0. The van der Waals surface area contributed by atoms with Crippen LogP contribution in [-0.4, -0.2) is 25.5 Å². The van der Waals surface area contributed by atoms with Crippen molar-refractivity contribution in [1.29, 1.82) is 0 Å². The molecule has 1 aromatic rings. The van der Waals surface area contributed by atoms with Crippen molar-refractivity contribution in [3.63, 3.8) is 0 Å². The number of carbonyl (C=O) groups excluding carboxylic acids is 1. The Balaban J connectivity index is 2.04. The lowest BCUT2D eigenvalue weighted by atomic mass is 9.99. The van der Waals surface area contributed by atoms with Gasteiger partial charge in [0.15, 0.2) is 0 Å². The molecule has 1 saturated heterocycles. The van der Waals surface area contributed by atoms with E-state index in [0.29, 0.717) is 5.92 Å². The third-order valence-electron chi connectivity index (χ3n) is 3.62. The molecule has 1 atom stereocenters. The van der Waals surface area contributed by atoms with Gasteiger partial charge in [-0.3, -0.25) is 4.79 Å². The molecule has 0 aliphatic carbocycles. The van der Waals surface area contributed by atoms with E-state index < -0.39 is 0 Å². The Bertz CT molecular complexity index is 425. The molecular formula is C15H22N2O. The minimum Gasteiger partial charge on any atom is -0.352 e. The van der Waals surface area contributed by atoms with Crippen LogP contribution in [0.2, 0.25) is 0 Å². The predicted molar refractivity (Wildman–Crippen MR) is 74.0 cm³/mol. The number of hydrogen-bond donors (Lipinski definition) is 2. The first-order chi connectivity index (χ1) is 8.58. The van der Waals surface area contributed by atoms with Gasteiger partial charge in [-0.1, -0.05) is 17.7 Å². The van der Waals surface area contributed by atoms with E-state index in [9.17, 15) is 4.79 Å². The minimum absolute atomic E-state index is 0.0666. The molecule has 2 rings (SSSR count). The number of aryl methyl sites for hydroxylation is 3. The van der Waals surface area contributed by atoms with Crippen molar-refractivity contribution in [3.05, 3.63) is 34.4 Å². The van der Waals surface area contributed by atoms with Crippen LogP contribution in [0.4, 0.5) is 0 Å². The second-order valence-corrected chi connectivity index (χ2v) is 5.34. The molecule has 1 unspecified atom stereocenters. The fraction of sp³-hybridized carbons (Fsp3) is 0.533. The van der Waals surface area contributed by atoms with Crippen LogP contribution >= 0.6 is 0 Å². The van der Waals surface area contributed by atoms with E-state index >= 15 is 0 Å². The molecule has 1 amide bonds. The van der Waals surface area contributed by atoms with Gasteiger partial charge in [-0.25, -0.2) is 0 Å². The molecule has 0 saturated carbocycles. The van der Waals surface area contributed by atoms with Crippen LogP contribution in [0.15, 0.2) is 12.1 Å². The number of hydrogen-bond acceptors (Lipinski definition) is 2. The van der Waals surface area contributed by atoms with E-state index in [1.54, 1.807) is 0 Å². The highest BCUT2D eigenvalue weighted by molar-refractivity contribution is 5.97. The van der Waals surface area contributed by atoms with Gasteiger partial charge in [0.1, 0.15) is 0 Å². The first kappa shape index (κ1) is 13.1. The van der Waals surface area contributed by atoms with Crippen LogP contribution in [0, 0.1) is 26.7 Å². The van der Waals surface area contributed by atoms with Crippen molar-refractivity contribution in [1.82, 2.24) is 10.6 Å². The number of benzene rings is 1. The van der Waals surface area contributed by atoms with Gasteiger partial charge < -0.3 is 10.6 Å². The second kappa shape index (κ2) is 5.53. The number of nitrogens with one attached hydrogen (secondary N) is 2. The molecule has 2 N–H and O–H groups in total. The van der Waals surface area contributed by atoms with Gasteiger partial charge in [0.05, 0.1) is 0 Å². The molecule has 0 bridgehead atoms. The Morgan fingerprint density at radius 2 is 2.00 bits per heavy atom. The maximum absolute atomic E-state index is 12.2. The zero-order chi connectivity index (χ0) is 13.1. The maximum Gasteiger partial charge on any atom is 0.251 e. The molecule has 1 fully saturated rings. The first-order valence-electron chi connectivity index (χ1n) is 6.64. The van der Waals surface area contributed by atoms with Gasteiger partial charge in [-0.2, -0.15) is 0 Å². The summed E-state index contributed by atoms with van der Waals surface area (Å²) in [6.45, 7) is 8.94. The van der Waals surface area contributed by atoms with E-state index in [2.05, 4.69) is 29.7 Å². The Morgan fingerprint density at radius 3 is 2.56 bits per heavy atom. The summed E-state index contributed by atoms with van der Waals surface area (Å²) in [5.41, 5.74) is 4.18. The molecule has 1 aromatic carbocycles. The lowest BCUT2D eigenvalue weighted by Crippen LogP contribution is -2.31. The van der Waals surface area contributed by atoms with E-state index in [1.165, 1.54) is 5.56 Å². The SMILES string of the molecule is Cc1cc(C)c(C(=O)NCC2CCNC2)c(C)c1. The fourth-order valence-electron chi connectivity index (χ4n) is 2.75. The number of amides is 1. The first-order valence-corrected chi connectivity index (χ1v) is 6.64. The van der Waals surface area contributed by atoms with E-state index in [0.717, 1.165) is 42.7 Å². The Labute approximate surface area is 109 Å². The van der Waals surface area contributed by atoms with E-state index in [4.69, 9.17) is 0 Å². The van der Waals surface area contributed by atoms with Gasteiger partial charge in [0, 0.05) is 12.1 Å². The average Bonchev–Trinajstić information content (AvgIpc) is 2.77. The molecule has 1 heterocycles. The molecule has 1 aliphatic rings. The summed E-state index contributed by atoms with van der Waals surface area (Å²) in [7, 11) is 0. The van der Waals surface area contributed by atoms with Crippen LogP contribution in [0.5, 0.6) is 0 Å². The Kier molecular flexibility index (Phi) is 4.02. The monoisotopic (exact) mass is 246 g/mol. The Morgan fingerprint density at radius 1 is 1.33 bits per heavy atom. The quantitative estimate of drug-likeness (QED) is 0.856. The lowest BCUT2D eigenvalue weighted by molar-refractivity contribution is 0.0947. The normalized spacial score (nSPS) is 18.9. The largest absolute Gasteiger partial charge is 0.352 e. The molecule has 3 nitrogen and oxygen atoms in total. The van der Waals surface area contributed by atoms with E-state index in [1.807, 2.05) is 13.8 Å². The van der Waals surface area contributed by atoms with Crippen molar-refractivity contribution in [3.8, 4) is 0 Å². The smallest absolute Gasteiger partial charge is 0.251 e. The highest BCUT2D eigenvalue weighted by Gasteiger charge is 2.17. The summed E-state index contributed by atoms with van der Waals surface area (Å²) in [4.78, 5) is 12.2. The summed E-state index contributed by atoms with van der Waals surface area (Å²) in [6, 6.07) is 4.14. The number of carbonyl (C=O) groups is 1. The van der Waals surface area contributed by atoms with Gasteiger partial charge in [-0.15, -0.1) is 0 Å². The third-order valence-corrected chi connectivity index (χ3v) is 3.62. The fourth-order valence-corrected chi connectivity index (χ4v) is 2.75. The summed E-state index contributed by atoms with van der Waals surface area (Å²) in [5, 5.41) is 6.38. The molecule has 98 valence electrons. The summed E-state index contributed by atoms with van der Waals surface area (Å²) >= 11 is 0. The van der Waals surface area contributed by atoms with Crippen LogP contribution in [0.1, 0.15) is 33.5 Å². The van der Waals surface area contributed by atoms with Crippen LogP contribution in [0.25, 0.3) is 0 Å². The average molecular weight is 246 g/mol. The van der Waals surface area contributed by atoms with Crippen molar-refractivity contribution in [2.75, 3.05) is 19.6 Å². The summed E-state index contributed by atoms with van der Waals surface area (Å²) in [6.07, 6.45) is 1.16. The molecule has 3 heteroatoms. The van der Waals surface area contributed by atoms with Crippen molar-refractivity contribution in [2.24, 2.45) is 5.92 Å². The zero-order valence-corrected chi connectivity index (χ0v) is 11.5. The second-order valence-electron chi connectivity index (χ2n) is 5.34. The molecule has 1 aliphatic heterocycles. The van der Waals surface area contributed by atoms with Crippen molar-refractivity contribution in [2.45, 2.75) is 27.2 Å². The predicted octanol–water partition coefficient (Wildman–Crippen LogP) is 1.95. The van der Waals surface area contributed by atoms with Crippen molar-refractivity contribution >= 4 is 5.91 Å². The van der Waals surface area contributed by atoms with Gasteiger partial charge in [0.25, 0.3) is 5.91 Å².